The van der Waals surface area contributed by atoms with Gasteiger partial charge in [-0.15, -0.1) is 10.2 Å². The van der Waals surface area contributed by atoms with E-state index in [0.717, 1.165) is 17.0 Å². The first-order valence-electron chi connectivity index (χ1n) is 7.32. The molecule has 10 heteroatoms. The van der Waals surface area contributed by atoms with Gasteiger partial charge in [0, 0.05) is 12.7 Å². The van der Waals surface area contributed by atoms with Crippen LogP contribution in [-0.2, 0) is 22.9 Å². The molecule has 0 aliphatic carbocycles. The van der Waals surface area contributed by atoms with E-state index in [-0.39, 0.29) is 17.9 Å². The number of anilines is 1. The molecule has 0 N–H and O–H groups in total. The lowest BCUT2D eigenvalue weighted by Crippen LogP contribution is -2.29. The predicted molar refractivity (Wildman–Crippen MR) is 86.4 cm³/mol. The molecule has 0 aliphatic rings. The van der Waals surface area contributed by atoms with Crippen LogP contribution in [-0.4, -0.2) is 33.2 Å². The topological polar surface area (TPSA) is 63.9 Å². The third-order valence-corrected chi connectivity index (χ3v) is 3.71. The molecule has 1 aromatic heterocycles. The molecule has 0 bridgehead atoms. The lowest BCUT2D eigenvalue weighted by molar-refractivity contribution is -0.137. The number of halogens is 4. The summed E-state index contributed by atoms with van der Waals surface area (Å²) in [5, 5.41) is 11.4. The Bertz CT molecular complexity index is 782. The minimum Gasteiger partial charge on any atom is -0.315 e. The van der Waals surface area contributed by atoms with Crippen molar-refractivity contribution in [3.8, 4) is 0 Å². The smallest absolute Gasteiger partial charge is 0.315 e. The summed E-state index contributed by atoms with van der Waals surface area (Å²) in [5.74, 6) is -0.277. The third kappa shape index (κ3) is 4.47. The summed E-state index contributed by atoms with van der Waals surface area (Å²) in [6, 6.07) is 3.28. The first-order valence-corrected chi connectivity index (χ1v) is 7.70. The molecule has 2 aromatic rings. The standard InChI is InChI=1S/C15H17ClF3N5O/c1-14(2,3)24-21-12(20-22-24)8-13(25)23(4)9-5-6-11(16)10(7-9)15(17,18)19/h5-7H,8H2,1-4H3. The van der Waals surface area contributed by atoms with Crippen LogP contribution in [0.1, 0.15) is 32.2 Å². The summed E-state index contributed by atoms with van der Waals surface area (Å²) in [4.78, 5) is 14.8. The molecular weight excluding hydrogens is 359 g/mol. The number of aromatic nitrogens is 4. The van der Waals surface area contributed by atoms with Gasteiger partial charge in [-0.05, 0) is 44.2 Å². The minimum absolute atomic E-state index is 0.0740. The number of alkyl halides is 3. The van der Waals surface area contributed by atoms with Gasteiger partial charge in [0.15, 0.2) is 5.82 Å². The largest absolute Gasteiger partial charge is 0.417 e. The maximum absolute atomic E-state index is 12.9. The van der Waals surface area contributed by atoms with Gasteiger partial charge in [-0.2, -0.15) is 18.0 Å². The van der Waals surface area contributed by atoms with Crippen LogP contribution < -0.4 is 4.90 Å². The van der Waals surface area contributed by atoms with Gasteiger partial charge in [0.2, 0.25) is 5.91 Å². The molecule has 0 spiro atoms. The van der Waals surface area contributed by atoms with Crippen molar-refractivity contribution in [3.63, 3.8) is 0 Å². The lowest BCUT2D eigenvalue weighted by atomic mass is 10.1. The molecule has 0 atom stereocenters. The first-order chi connectivity index (χ1) is 11.4. The van der Waals surface area contributed by atoms with Gasteiger partial charge in [-0.1, -0.05) is 11.6 Å². The Morgan fingerprint density at radius 2 is 1.92 bits per heavy atom. The maximum atomic E-state index is 12.9. The van der Waals surface area contributed by atoms with Crippen LogP contribution in [0, 0.1) is 0 Å². The van der Waals surface area contributed by atoms with Gasteiger partial charge < -0.3 is 4.90 Å². The number of carbonyl (C=O) groups is 1. The van der Waals surface area contributed by atoms with Gasteiger partial charge >= 0.3 is 6.18 Å². The fourth-order valence-electron chi connectivity index (χ4n) is 1.94. The molecular formula is C15H17ClF3N5O. The molecule has 0 saturated heterocycles. The van der Waals surface area contributed by atoms with Crippen LogP contribution in [0.2, 0.25) is 5.02 Å². The zero-order chi connectivity index (χ0) is 19.0. The summed E-state index contributed by atoms with van der Waals surface area (Å²) >= 11 is 5.59. The van der Waals surface area contributed by atoms with E-state index in [1.807, 2.05) is 20.8 Å². The van der Waals surface area contributed by atoms with Crippen molar-refractivity contribution in [1.29, 1.82) is 0 Å². The van der Waals surface area contributed by atoms with Crippen LogP contribution >= 0.6 is 11.6 Å². The van der Waals surface area contributed by atoms with Crippen molar-refractivity contribution in [2.24, 2.45) is 0 Å². The Morgan fingerprint density at radius 1 is 1.28 bits per heavy atom. The van der Waals surface area contributed by atoms with E-state index >= 15 is 0 Å². The molecule has 136 valence electrons. The molecule has 0 unspecified atom stereocenters. The molecule has 0 saturated carbocycles. The first kappa shape index (κ1) is 19.2. The fourth-order valence-corrected chi connectivity index (χ4v) is 2.16. The number of likely N-dealkylation sites (N-methyl/N-ethyl adjacent to an activating group) is 1. The van der Waals surface area contributed by atoms with Crippen molar-refractivity contribution < 1.29 is 18.0 Å². The Kier molecular flexibility index (Phi) is 5.08. The number of carbonyl (C=O) groups excluding carboxylic acids is 1. The van der Waals surface area contributed by atoms with Gasteiger partial charge in [0.05, 0.1) is 22.5 Å². The number of amides is 1. The summed E-state index contributed by atoms with van der Waals surface area (Å²) in [7, 11) is 1.37. The Morgan fingerprint density at radius 3 is 2.44 bits per heavy atom. The minimum atomic E-state index is -4.60. The molecule has 2 rings (SSSR count). The number of hydrogen-bond donors (Lipinski definition) is 0. The van der Waals surface area contributed by atoms with Crippen molar-refractivity contribution in [2.75, 3.05) is 11.9 Å². The highest BCUT2D eigenvalue weighted by Gasteiger charge is 2.34. The van der Waals surface area contributed by atoms with Crippen LogP contribution in [0.25, 0.3) is 0 Å². The van der Waals surface area contributed by atoms with E-state index in [0.29, 0.717) is 0 Å². The van der Waals surface area contributed by atoms with E-state index < -0.39 is 28.2 Å². The Labute approximate surface area is 147 Å². The van der Waals surface area contributed by atoms with E-state index in [1.165, 1.54) is 17.9 Å². The van der Waals surface area contributed by atoms with Crippen LogP contribution in [0.4, 0.5) is 18.9 Å². The molecule has 1 heterocycles. The third-order valence-electron chi connectivity index (χ3n) is 3.38. The quantitative estimate of drug-likeness (QED) is 0.825. The monoisotopic (exact) mass is 375 g/mol. The van der Waals surface area contributed by atoms with Crippen molar-refractivity contribution in [1.82, 2.24) is 20.2 Å². The summed E-state index contributed by atoms with van der Waals surface area (Å²) in [6.45, 7) is 5.62. The molecule has 6 nitrogen and oxygen atoms in total. The van der Waals surface area contributed by atoms with Crippen molar-refractivity contribution >= 4 is 23.2 Å². The van der Waals surface area contributed by atoms with E-state index in [1.54, 1.807) is 0 Å². The van der Waals surface area contributed by atoms with Crippen LogP contribution in [0.15, 0.2) is 18.2 Å². The normalized spacial score (nSPS) is 12.3. The molecule has 0 fully saturated rings. The fraction of sp³-hybridized carbons (Fsp3) is 0.467. The van der Waals surface area contributed by atoms with E-state index in [2.05, 4.69) is 15.4 Å². The Hall–Kier alpha value is -2.16. The molecule has 1 amide bonds. The average Bonchev–Trinajstić information content (AvgIpc) is 2.94. The zero-order valence-electron chi connectivity index (χ0n) is 14.1. The van der Waals surface area contributed by atoms with Crippen LogP contribution in [0.5, 0.6) is 0 Å². The number of tetrazole rings is 1. The summed E-state index contributed by atoms with van der Waals surface area (Å²) in [5.41, 5.74) is -1.31. The van der Waals surface area contributed by atoms with Crippen molar-refractivity contribution in [3.05, 3.63) is 34.6 Å². The number of hydrogen-bond acceptors (Lipinski definition) is 4. The SMILES string of the molecule is CN(C(=O)Cc1nnn(C(C)(C)C)n1)c1ccc(Cl)c(C(F)(F)F)c1. The van der Waals surface area contributed by atoms with E-state index in [9.17, 15) is 18.0 Å². The number of nitrogens with zero attached hydrogens (tertiary/aromatic N) is 5. The van der Waals surface area contributed by atoms with Gasteiger partial charge in [-0.3, -0.25) is 4.79 Å². The second kappa shape index (κ2) is 6.62. The van der Waals surface area contributed by atoms with Gasteiger partial charge in [-0.25, -0.2) is 0 Å². The second-order valence-corrected chi connectivity index (χ2v) is 6.86. The maximum Gasteiger partial charge on any atom is 0.417 e. The summed E-state index contributed by atoms with van der Waals surface area (Å²) < 4.78 is 38.8. The van der Waals surface area contributed by atoms with Crippen LogP contribution in [0.3, 0.4) is 0 Å². The van der Waals surface area contributed by atoms with Gasteiger partial charge in [0.25, 0.3) is 0 Å². The Balaban J connectivity index is 2.19. The van der Waals surface area contributed by atoms with E-state index in [4.69, 9.17) is 11.6 Å². The molecule has 1 aromatic carbocycles. The lowest BCUT2D eigenvalue weighted by Gasteiger charge is -2.19. The second-order valence-electron chi connectivity index (χ2n) is 6.46. The number of benzene rings is 1. The average molecular weight is 376 g/mol. The highest BCUT2D eigenvalue weighted by atomic mass is 35.5. The molecule has 25 heavy (non-hydrogen) atoms. The summed E-state index contributed by atoms with van der Waals surface area (Å²) in [6.07, 6.45) is -4.79. The predicted octanol–water partition coefficient (Wildman–Crippen LogP) is 3.31. The van der Waals surface area contributed by atoms with Crippen molar-refractivity contribution in [2.45, 2.75) is 38.9 Å². The zero-order valence-corrected chi connectivity index (χ0v) is 14.9. The molecule has 0 radical (unpaired) electrons. The van der Waals surface area contributed by atoms with Gasteiger partial charge in [0.1, 0.15) is 0 Å². The highest BCUT2D eigenvalue weighted by molar-refractivity contribution is 6.31. The molecule has 0 aliphatic heterocycles. The number of rotatable bonds is 3. The highest BCUT2D eigenvalue weighted by Crippen LogP contribution is 2.36.